The number of nitrogens with zero attached hydrogens (tertiary/aromatic N) is 1. The van der Waals surface area contributed by atoms with E-state index >= 15 is 0 Å². The molecule has 2 N–H and O–H groups in total. The molecule has 0 aliphatic carbocycles. The van der Waals surface area contributed by atoms with E-state index in [1.165, 1.54) is 7.05 Å². The Bertz CT molecular complexity index is 381. The van der Waals surface area contributed by atoms with Crippen LogP contribution in [-0.2, 0) is 4.79 Å². The van der Waals surface area contributed by atoms with Crippen molar-refractivity contribution in [3.05, 3.63) is 28.5 Å². The zero-order chi connectivity index (χ0) is 11.3. The summed E-state index contributed by atoms with van der Waals surface area (Å²) in [4.78, 5) is 26.3. The molecule has 2 amide bonds. The summed E-state index contributed by atoms with van der Waals surface area (Å²) in [6.07, 6.45) is 1.57. The van der Waals surface area contributed by atoms with Crippen LogP contribution in [0.3, 0.4) is 0 Å². The molecule has 0 unspecified atom stereocenters. The number of hydrogen-bond donors (Lipinski definition) is 2. The molecule has 0 aromatic carbocycles. The van der Waals surface area contributed by atoms with Gasteiger partial charge in [0.25, 0.3) is 5.91 Å². The lowest BCUT2D eigenvalue weighted by atomic mass is 10.3. The maximum atomic E-state index is 11.5. The van der Waals surface area contributed by atoms with Crippen molar-refractivity contribution in [2.45, 2.75) is 0 Å². The van der Waals surface area contributed by atoms with Crippen LogP contribution >= 0.6 is 15.9 Å². The molecule has 1 heterocycles. The summed E-state index contributed by atoms with van der Waals surface area (Å²) >= 11 is 3.15. The number of likely N-dealkylation sites (N-methyl/N-ethyl adjacent to an activating group) is 1. The quantitative estimate of drug-likeness (QED) is 0.778. The second-order valence-corrected chi connectivity index (χ2v) is 3.45. The van der Waals surface area contributed by atoms with Gasteiger partial charge in [-0.25, -0.2) is 4.98 Å². The first-order valence-electron chi connectivity index (χ1n) is 4.24. The molecule has 0 aliphatic rings. The summed E-state index contributed by atoms with van der Waals surface area (Å²) in [5.74, 6) is -0.582. The Morgan fingerprint density at radius 1 is 1.53 bits per heavy atom. The van der Waals surface area contributed by atoms with Crippen LogP contribution in [0, 0.1) is 0 Å². The Kier molecular flexibility index (Phi) is 4.23. The molecule has 0 saturated carbocycles. The maximum absolute atomic E-state index is 11.5. The second-order valence-electron chi connectivity index (χ2n) is 2.70. The van der Waals surface area contributed by atoms with E-state index in [0.29, 0.717) is 10.2 Å². The molecule has 80 valence electrons. The predicted molar refractivity (Wildman–Crippen MR) is 58.3 cm³/mol. The lowest BCUT2D eigenvalue weighted by Crippen LogP contribution is -2.35. The smallest absolute Gasteiger partial charge is 0.254 e. The van der Waals surface area contributed by atoms with Gasteiger partial charge in [0, 0.05) is 13.2 Å². The molecule has 0 radical (unpaired) electrons. The van der Waals surface area contributed by atoms with Crippen molar-refractivity contribution in [2.24, 2.45) is 0 Å². The number of carbonyl (C=O) groups is 2. The number of halogens is 1. The SMILES string of the molecule is CNC(=O)CNC(=O)c1cccnc1Br. The molecular formula is C9H10BrN3O2. The Morgan fingerprint density at radius 3 is 2.87 bits per heavy atom. The van der Waals surface area contributed by atoms with Crippen LogP contribution in [-0.4, -0.2) is 30.4 Å². The van der Waals surface area contributed by atoms with E-state index in [1.807, 2.05) is 0 Å². The minimum Gasteiger partial charge on any atom is -0.358 e. The van der Waals surface area contributed by atoms with Gasteiger partial charge in [-0.05, 0) is 28.1 Å². The number of amides is 2. The number of aromatic nitrogens is 1. The van der Waals surface area contributed by atoms with Crippen LogP contribution in [0.25, 0.3) is 0 Å². The van der Waals surface area contributed by atoms with Gasteiger partial charge in [-0.1, -0.05) is 0 Å². The highest BCUT2D eigenvalue weighted by atomic mass is 79.9. The van der Waals surface area contributed by atoms with Gasteiger partial charge in [-0.3, -0.25) is 9.59 Å². The molecular weight excluding hydrogens is 262 g/mol. The van der Waals surface area contributed by atoms with E-state index in [9.17, 15) is 9.59 Å². The first-order valence-corrected chi connectivity index (χ1v) is 5.03. The minimum absolute atomic E-state index is 0.0450. The molecule has 1 aromatic heterocycles. The summed E-state index contributed by atoms with van der Waals surface area (Å²) in [5.41, 5.74) is 0.404. The summed E-state index contributed by atoms with van der Waals surface area (Å²) in [7, 11) is 1.51. The van der Waals surface area contributed by atoms with Gasteiger partial charge in [0.15, 0.2) is 0 Å². The number of hydrogen-bond acceptors (Lipinski definition) is 3. The molecule has 15 heavy (non-hydrogen) atoms. The molecule has 0 atom stereocenters. The number of carbonyl (C=O) groups excluding carboxylic acids is 2. The van der Waals surface area contributed by atoms with Crippen LogP contribution in [0.1, 0.15) is 10.4 Å². The number of rotatable bonds is 3. The summed E-state index contributed by atoms with van der Waals surface area (Å²) < 4.78 is 0.458. The molecule has 1 rings (SSSR count). The summed E-state index contributed by atoms with van der Waals surface area (Å²) in [5, 5.41) is 4.87. The largest absolute Gasteiger partial charge is 0.358 e. The number of pyridine rings is 1. The molecule has 0 spiro atoms. The van der Waals surface area contributed by atoms with Crippen molar-refractivity contribution in [2.75, 3.05) is 13.6 Å². The van der Waals surface area contributed by atoms with Crippen molar-refractivity contribution in [1.29, 1.82) is 0 Å². The molecule has 6 heteroatoms. The first-order chi connectivity index (χ1) is 7.15. The van der Waals surface area contributed by atoms with Crippen LogP contribution in [0.15, 0.2) is 22.9 Å². The molecule has 5 nitrogen and oxygen atoms in total. The summed E-state index contributed by atoms with van der Waals surface area (Å²) in [6.45, 7) is -0.0450. The highest BCUT2D eigenvalue weighted by Gasteiger charge is 2.10. The topological polar surface area (TPSA) is 71.1 Å². The van der Waals surface area contributed by atoms with E-state index in [4.69, 9.17) is 0 Å². The monoisotopic (exact) mass is 271 g/mol. The van der Waals surface area contributed by atoms with Crippen LogP contribution in [0.5, 0.6) is 0 Å². The van der Waals surface area contributed by atoms with E-state index in [2.05, 4.69) is 31.5 Å². The highest BCUT2D eigenvalue weighted by molar-refractivity contribution is 9.10. The summed E-state index contributed by atoms with van der Waals surface area (Å²) in [6, 6.07) is 3.27. The minimum atomic E-state index is -0.335. The average molecular weight is 272 g/mol. The lowest BCUT2D eigenvalue weighted by molar-refractivity contribution is -0.119. The predicted octanol–water partition coefficient (Wildman–Crippen LogP) is 0.320. The first kappa shape index (κ1) is 11.6. The zero-order valence-corrected chi connectivity index (χ0v) is 9.67. The molecule has 0 fully saturated rings. The van der Waals surface area contributed by atoms with Crippen molar-refractivity contribution in [1.82, 2.24) is 15.6 Å². The van der Waals surface area contributed by atoms with E-state index in [1.54, 1.807) is 18.3 Å². The Balaban J connectivity index is 2.62. The van der Waals surface area contributed by atoms with Crippen molar-refractivity contribution >= 4 is 27.7 Å². The van der Waals surface area contributed by atoms with E-state index in [-0.39, 0.29) is 18.4 Å². The molecule has 0 bridgehead atoms. The van der Waals surface area contributed by atoms with Gasteiger partial charge < -0.3 is 10.6 Å². The van der Waals surface area contributed by atoms with Gasteiger partial charge in [-0.15, -0.1) is 0 Å². The van der Waals surface area contributed by atoms with Gasteiger partial charge in [-0.2, -0.15) is 0 Å². The van der Waals surface area contributed by atoms with E-state index < -0.39 is 0 Å². The second kappa shape index (κ2) is 5.45. The third-order valence-corrected chi connectivity index (χ3v) is 2.32. The fourth-order valence-corrected chi connectivity index (χ4v) is 1.33. The normalized spacial score (nSPS) is 9.47. The molecule has 0 aliphatic heterocycles. The Morgan fingerprint density at radius 2 is 2.27 bits per heavy atom. The Hall–Kier alpha value is -1.43. The molecule has 0 saturated heterocycles. The van der Waals surface area contributed by atoms with Crippen molar-refractivity contribution in [3.63, 3.8) is 0 Å². The third kappa shape index (κ3) is 3.32. The standard InChI is InChI=1S/C9H10BrN3O2/c1-11-7(14)5-13-9(15)6-3-2-4-12-8(6)10/h2-4H,5H2,1H3,(H,11,14)(H,13,15). The van der Waals surface area contributed by atoms with Gasteiger partial charge in [0.2, 0.25) is 5.91 Å². The third-order valence-electron chi connectivity index (χ3n) is 1.69. The van der Waals surface area contributed by atoms with E-state index in [0.717, 1.165) is 0 Å². The van der Waals surface area contributed by atoms with Gasteiger partial charge in [0.05, 0.1) is 12.1 Å². The zero-order valence-electron chi connectivity index (χ0n) is 8.08. The van der Waals surface area contributed by atoms with Gasteiger partial charge in [0.1, 0.15) is 4.60 Å². The van der Waals surface area contributed by atoms with Crippen molar-refractivity contribution < 1.29 is 9.59 Å². The van der Waals surface area contributed by atoms with Crippen LogP contribution in [0.4, 0.5) is 0 Å². The molecule has 1 aromatic rings. The average Bonchev–Trinajstić information content (AvgIpc) is 2.26. The van der Waals surface area contributed by atoms with Crippen LogP contribution < -0.4 is 10.6 Å². The highest BCUT2D eigenvalue weighted by Crippen LogP contribution is 2.11. The Labute approximate surface area is 95.4 Å². The van der Waals surface area contributed by atoms with Crippen LogP contribution in [0.2, 0.25) is 0 Å². The maximum Gasteiger partial charge on any atom is 0.254 e. The number of nitrogens with one attached hydrogen (secondary N) is 2. The van der Waals surface area contributed by atoms with Gasteiger partial charge >= 0.3 is 0 Å². The van der Waals surface area contributed by atoms with Crippen molar-refractivity contribution in [3.8, 4) is 0 Å². The fraction of sp³-hybridized carbons (Fsp3) is 0.222. The lowest BCUT2D eigenvalue weighted by Gasteiger charge is -2.04. The fourth-order valence-electron chi connectivity index (χ4n) is 0.900.